The SMILES string of the molecule is COc1ccc(C(=O)COc2cccc(CO)c2)cc1F. The van der Waals surface area contributed by atoms with Gasteiger partial charge in [-0.1, -0.05) is 12.1 Å². The van der Waals surface area contributed by atoms with Crippen molar-refractivity contribution in [2.24, 2.45) is 0 Å². The molecule has 0 aromatic heterocycles. The molecular formula is C16H15FO4. The van der Waals surface area contributed by atoms with Crippen LogP contribution in [0.5, 0.6) is 11.5 Å². The molecule has 0 aliphatic heterocycles. The minimum Gasteiger partial charge on any atom is -0.494 e. The topological polar surface area (TPSA) is 55.8 Å². The molecule has 0 unspecified atom stereocenters. The Bertz CT molecular complexity index is 640. The normalized spacial score (nSPS) is 10.2. The fourth-order valence-corrected chi connectivity index (χ4v) is 1.81. The van der Waals surface area contributed by atoms with Gasteiger partial charge in [-0.05, 0) is 35.9 Å². The second-order valence-corrected chi connectivity index (χ2v) is 4.37. The summed E-state index contributed by atoms with van der Waals surface area (Å²) >= 11 is 0. The highest BCUT2D eigenvalue weighted by Gasteiger charge is 2.11. The fraction of sp³-hybridized carbons (Fsp3) is 0.188. The monoisotopic (exact) mass is 290 g/mol. The van der Waals surface area contributed by atoms with Crippen LogP contribution in [0.25, 0.3) is 0 Å². The van der Waals surface area contributed by atoms with E-state index in [-0.39, 0.29) is 30.3 Å². The molecule has 0 spiro atoms. The number of aliphatic hydroxyl groups is 1. The standard InChI is InChI=1S/C16H15FO4/c1-20-16-6-5-12(8-14(16)17)15(19)10-21-13-4-2-3-11(7-13)9-18/h2-8,18H,9-10H2,1H3. The van der Waals surface area contributed by atoms with Crippen LogP contribution in [-0.4, -0.2) is 24.6 Å². The second-order valence-electron chi connectivity index (χ2n) is 4.37. The molecule has 4 nitrogen and oxygen atoms in total. The van der Waals surface area contributed by atoms with E-state index in [1.807, 2.05) is 0 Å². The summed E-state index contributed by atoms with van der Waals surface area (Å²) < 4.78 is 23.7. The average Bonchev–Trinajstić information content (AvgIpc) is 2.52. The highest BCUT2D eigenvalue weighted by atomic mass is 19.1. The van der Waals surface area contributed by atoms with Crippen molar-refractivity contribution < 1.29 is 23.8 Å². The minimum atomic E-state index is -0.592. The van der Waals surface area contributed by atoms with E-state index in [0.717, 1.165) is 6.07 Å². The van der Waals surface area contributed by atoms with E-state index in [1.165, 1.54) is 19.2 Å². The van der Waals surface area contributed by atoms with Crippen molar-refractivity contribution in [2.75, 3.05) is 13.7 Å². The Morgan fingerprint density at radius 2 is 2.05 bits per heavy atom. The zero-order valence-corrected chi connectivity index (χ0v) is 11.5. The lowest BCUT2D eigenvalue weighted by Crippen LogP contribution is -2.12. The van der Waals surface area contributed by atoms with Gasteiger partial charge in [0, 0.05) is 5.56 Å². The quantitative estimate of drug-likeness (QED) is 0.831. The highest BCUT2D eigenvalue weighted by Crippen LogP contribution is 2.18. The van der Waals surface area contributed by atoms with Crippen molar-refractivity contribution in [1.29, 1.82) is 0 Å². The zero-order chi connectivity index (χ0) is 15.2. The van der Waals surface area contributed by atoms with E-state index < -0.39 is 5.82 Å². The van der Waals surface area contributed by atoms with Crippen molar-refractivity contribution in [3.63, 3.8) is 0 Å². The van der Waals surface area contributed by atoms with Gasteiger partial charge in [0.15, 0.2) is 24.0 Å². The first-order valence-electron chi connectivity index (χ1n) is 6.33. The Balaban J connectivity index is 2.02. The van der Waals surface area contributed by atoms with Gasteiger partial charge in [-0.15, -0.1) is 0 Å². The maximum atomic E-state index is 13.5. The van der Waals surface area contributed by atoms with Crippen LogP contribution in [-0.2, 0) is 6.61 Å². The summed E-state index contributed by atoms with van der Waals surface area (Å²) in [5.74, 6) is -0.372. The third kappa shape index (κ3) is 3.79. The van der Waals surface area contributed by atoms with Gasteiger partial charge in [-0.2, -0.15) is 0 Å². The van der Waals surface area contributed by atoms with Gasteiger partial charge in [-0.25, -0.2) is 4.39 Å². The molecular weight excluding hydrogens is 275 g/mol. The summed E-state index contributed by atoms with van der Waals surface area (Å²) in [6.07, 6.45) is 0. The molecule has 0 atom stereocenters. The number of ketones is 1. The number of ether oxygens (including phenoxy) is 2. The molecule has 2 aromatic rings. The van der Waals surface area contributed by atoms with Crippen molar-refractivity contribution in [3.8, 4) is 11.5 Å². The van der Waals surface area contributed by atoms with Crippen molar-refractivity contribution in [1.82, 2.24) is 0 Å². The number of rotatable bonds is 6. The average molecular weight is 290 g/mol. The van der Waals surface area contributed by atoms with Crippen LogP contribution in [0.3, 0.4) is 0 Å². The van der Waals surface area contributed by atoms with Gasteiger partial charge in [0.25, 0.3) is 0 Å². The summed E-state index contributed by atoms with van der Waals surface area (Å²) in [5.41, 5.74) is 0.905. The fourth-order valence-electron chi connectivity index (χ4n) is 1.81. The lowest BCUT2D eigenvalue weighted by Gasteiger charge is -2.08. The Hall–Kier alpha value is -2.40. The van der Waals surface area contributed by atoms with Crippen LogP contribution in [0.2, 0.25) is 0 Å². The number of hydrogen-bond donors (Lipinski definition) is 1. The molecule has 0 saturated carbocycles. The summed E-state index contributed by atoms with van der Waals surface area (Å²) in [4.78, 5) is 11.9. The number of carbonyl (C=O) groups is 1. The van der Waals surface area contributed by atoms with E-state index in [9.17, 15) is 9.18 Å². The summed E-state index contributed by atoms with van der Waals surface area (Å²) in [6.45, 7) is -0.310. The summed E-state index contributed by atoms with van der Waals surface area (Å²) in [5, 5.41) is 9.02. The Labute approximate surface area is 121 Å². The smallest absolute Gasteiger partial charge is 0.200 e. The van der Waals surface area contributed by atoms with Gasteiger partial charge in [0.05, 0.1) is 13.7 Å². The van der Waals surface area contributed by atoms with Crippen LogP contribution in [0.15, 0.2) is 42.5 Å². The van der Waals surface area contributed by atoms with Crippen molar-refractivity contribution in [2.45, 2.75) is 6.61 Å². The third-order valence-corrected chi connectivity index (χ3v) is 2.92. The number of carbonyl (C=O) groups excluding carboxylic acids is 1. The van der Waals surface area contributed by atoms with E-state index in [1.54, 1.807) is 24.3 Å². The number of Topliss-reactive ketones (excluding diaryl/α,β-unsaturated/α-hetero) is 1. The van der Waals surface area contributed by atoms with E-state index in [0.29, 0.717) is 11.3 Å². The molecule has 21 heavy (non-hydrogen) atoms. The van der Waals surface area contributed by atoms with E-state index in [4.69, 9.17) is 14.6 Å². The second kappa shape index (κ2) is 6.85. The van der Waals surface area contributed by atoms with E-state index in [2.05, 4.69) is 0 Å². The molecule has 2 aromatic carbocycles. The van der Waals surface area contributed by atoms with Gasteiger partial charge >= 0.3 is 0 Å². The van der Waals surface area contributed by atoms with Crippen molar-refractivity contribution >= 4 is 5.78 Å². The Morgan fingerprint density at radius 1 is 1.24 bits per heavy atom. The first kappa shape index (κ1) is 15.0. The molecule has 0 aliphatic carbocycles. The molecule has 0 amide bonds. The predicted octanol–water partition coefficient (Wildman–Crippen LogP) is 2.59. The zero-order valence-electron chi connectivity index (χ0n) is 11.5. The van der Waals surface area contributed by atoms with Crippen molar-refractivity contribution in [3.05, 3.63) is 59.4 Å². The number of methoxy groups -OCH3 is 1. The third-order valence-electron chi connectivity index (χ3n) is 2.92. The molecule has 5 heteroatoms. The summed E-state index contributed by atoms with van der Waals surface area (Å²) in [6, 6.07) is 10.8. The van der Waals surface area contributed by atoms with E-state index >= 15 is 0 Å². The van der Waals surface area contributed by atoms with Crippen LogP contribution < -0.4 is 9.47 Å². The van der Waals surface area contributed by atoms with Gasteiger partial charge in [0.1, 0.15) is 5.75 Å². The van der Waals surface area contributed by atoms with Crippen LogP contribution in [0.1, 0.15) is 15.9 Å². The van der Waals surface area contributed by atoms with Crippen LogP contribution >= 0.6 is 0 Å². The molecule has 0 saturated heterocycles. The Kier molecular flexibility index (Phi) is 4.90. The molecule has 2 rings (SSSR count). The molecule has 110 valence electrons. The van der Waals surface area contributed by atoms with Crippen LogP contribution in [0.4, 0.5) is 4.39 Å². The number of halogens is 1. The molecule has 1 N–H and O–H groups in total. The number of hydrogen-bond acceptors (Lipinski definition) is 4. The maximum Gasteiger partial charge on any atom is 0.200 e. The predicted molar refractivity (Wildman–Crippen MR) is 75.1 cm³/mol. The number of aliphatic hydroxyl groups excluding tert-OH is 1. The Morgan fingerprint density at radius 3 is 2.71 bits per heavy atom. The minimum absolute atomic E-state index is 0.0862. The first-order valence-corrected chi connectivity index (χ1v) is 6.33. The first-order chi connectivity index (χ1) is 10.1. The largest absolute Gasteiger partial charge is 0.494 e. The lowest BCUT2D eigenvalue weighted by atomic mass is 10.1. The van der Waals surface area contributed by atoms with Gasteiger partial charge < -0.3 is 14.6 Å². The van der Waals surface area contributed by atoms with Gasteiger partial charge in [-0.3, -0.25) is 4.79 Å². The molecule has 0 radical (unpaired) electrons. The molecule has 0 bridgehead atoms. The van der Waals surface area contributed by atoms with Crippen LogP contribution in [0, 0.1) is 5.82 Å². The highest BCUT2D eigenvalue weighted by molar-refractivity contribution is 5.97. The molecule has 0 fully saturated rings. The number of benzene rings is 2. The van der Waals surface area contributed by atoms with Gasteiger partial charge in [0.2, 0.25) is 0 Å². The lowest BCUT2D eigenvalue weighted by molar-refractivity contribution is 0.0921. The molecule has 0 aliphatic rings. The maximum absolute atomic E-state index is 13.5. The summed E-state index contributed by atoms with van der Waals surface area (Å²) in [7, 11) is 1.36. The molecule has 0 heterocycles.